The number of carbonyl (C=O) groups excluding carboxylic acids is 3. The minimum absolute atomic E-state index is 0.122. The lowest BCUT2D eigenvalue weighted by molar-refractivity contribution is -0.141. The molecule has 3 amide bonds. The molecule has 0 aliphatic heterocycles. The summed E-state index contributed by atoms with van der Waals surface area (Å²) >= 11 is 0. The van der Waals surface area contributed by atoms with Gasteiger partial charge in [0.1, 0.15) is 6.04 Å². The maximum atomic E-state index is 13.2. The van der Waals surface area contributed by atoms with Gasteiger partial charge in [-0.05, 0) is 36.3 Å². The lowest BCUT2D eigenvalue weighted by atomic mass is 9.80. The second-order valence-electron chi connectivity index (χ2n) is 8.88. The molecule has 1 unspecified atom stereocenters. The highest BCUT2D eigenvalue weighted by Gasteiger charge is 2.38. The average molecular weight is 419 g/mol. The Labute approximate surface area is 178 Å². The van der Waals surface area contributed by atoms with Crippen LogP contribution in [0.2, 0.25) is 0 Å². The van der Waals surface area contributed by atoms with Crippen LogP contribution < -0.4 is 16.1 Å². The van der Waals surface area contributed by atoms with Crippen LogP contribution >= 0.6 is 0 Å². The van der Waals surface area contributed by atoms with E-state index in [1.54, 1.807) is 23.8 Å². The van der Waals surface area contributed by atoms with Gasteiger partial charge in [0.15, 0.2) is 0 Å². The summed E-state index contributed by atoms with van der Waals surface area (Å²) in [6.07, 6.45) is 5.29. The zero-order valence-corrected chi connectivity index (χ0v) is 18.4. The SMILES string of the molecule is C=CC[C@H](C(=O)NO)[C@@H](CC(C)C)C(=O)NC(C(=O)Nc1cccnc1)C(C)(C)C. The molecule has 0 spiro atoms. The molecular formula is C22H34N4O4. The number of hydrogen-bond donors (Lipinski definition) is 4. The first-order chi connectivity index (χ1) is 14.0. The number of nitrogens with one attached hydrogen (secondary N) is 3. The lowest BCUT2D eigenvalue weighted by Crippen LogP contribution is -2.54. The largest absolute Gasteiger partial charge is 0.344 e. The monoisotopic (exact) mass is 418 g/mol. The van der Waals surface area contributed by atoms with E-state index >= 15 is 0 Å². The minimum atomic E-state index is -0.846. The van der Waals surface area contributed by atoms with Gasteiger partial charge in [0.25, 0.3) is 0 Å². The molecule has 0 aromatic carbocycles. The highest BCUT2D eigenvalue weighted by atomic mass is 16.5. The summed E-state index contributed by atoms with van der Waals surface area (Å²) < 4.78 is 0. The second kappa shape index (κ2) is 11.4. The number of carbonyl (C=O) groups is 3. The molecule has 0 fully saturated rings. The van der Waals surface area contributed by atoms with Gasteiger partial charge >= 0.3 is 0 Å². The van der Waals surface area contributed by atoms with E-state index in [9.17, 15) is 14.4 Å². The first-order valence-corrected chi connectivity index (χ1v) is 10.1. The molecule has 1 heterocycles. The number of allylic oxidation sites excluding steroid dienone is 1. The Bertz CT molecular complexity index is 728. The predicted octanol–water partition coefficient (Wildman–Crippen LogP) is 2.91. The highest BCUT2D eigenvalue weighted by molar-refractivity contribution is 5.98. The van der Waals surface area contributed by atoms with Crippen LogP contribution in [0.25, 0.3) is 0 Å². The minimum Gasteiger partial charge on any atom is -0.344 e. The van der Waals surface area contributed by atoms with Crippen molar-refractivity contribution in [3.63, 3.8) is 0 Å². The Balaban J connectivity index is 3.14. The smallest absolute Gasteiger partial charge is 0.247 e. The topological polar surface area (TPSA) is 120 Å². The third kappa shape index (κ3) is 7.59. The first-order valence-electron chi connectivity index (χ1n) is 10.1. The Morgan fingerprint density at radius 2 is 1.83 bits per heavy atom. The fourth-order valence-electron chi connectivity index (χ4n) is 3.25. The van der Waals surface area contributed by atoms with E-state index < -0.39 is 35.1 Å². The summed E-state index contributed by atoms with van der Waals surface area (Å²) in [5.41, 5.74) is 1.58. The standard InChI is InChI=1S/C22H34N4O4/c1-7-9-16(20(28)26-30)17(12-14(2)3)19(27)25-18(22(4,5)6)21(29)24-15-10-8-11-23-13-15/h7-8,10-11,13-14,16-18,30H,1,9,12H2,2-6H3,(H,24,29)(H,25,27)(H,26,28)/t16-,17+,18?/m0/s1. The van der Waals surface area contributed by atoms with Crippen LogP contribution in [0.4, 0.5) is 5.69 Å². The second-order valence-corrected chi connectivity index (χ2v) is 8.88. The Hall–Kier alpha value is -2.74. The molecule has 0 saturated heterocycles. The van der Waals surface area contributed by atoms with Gasteiger partial charge in [-0.3, -0.25) is 24.6 Å². The van der Waals surface area contributed by atoms with Crippen molar-refractivity contribution in [3.05, 3.63) is 37.2 Å². The number of hydrogen-bond acceptors (Lipinski definition) is 5. The van der Waals surface area contributed by atoms with Crippen molar-refractivity contribution in [1.29, 1.82) is 0 Å². The van der Waals surface area contributed by atoms with E-state index in [-0.39, 0.29) is 18.2 Å². The van der Waals surface area contributed by atoms with Crippen LogP contribution in [0.5, 0.6) is 0 Å². The Morgan fingerprint density at radius 3 is 2.30 bits per heavy atom. The van der Waals surface area contributed by atoms with Gasteiger partial charge in [-0.1, -0.05) is 40.7 Å². The van der Waals surface area contributed by atoms with Gasteiger partial charge in [0.05, 0.1) is 23.7 Å². The van der Waals surface area contributed by atoms with Gasteiger partial charge in [-0.15, -0.1) is 6.58 Å². The summed E-state index contributed by atoms with van der Waals surface area (Å²) in [7, 11) is 0. The molecule has 0 saturated carbocycles. The fraction of sp³-hybridized carbons (Fsp3) is 0.545. The van der Waals surface area contributed by atoms with Crippen LogP contribution in [0.1, 0.15) is 47.5 Å². The number of anilines is 1. The molecular weight excluding hydrogens is 384 g/mol. The van der Waals surface area contributed by atoms with Crippen molar-refractivity contribution in [2.24, 2.45) is 23.2 Å². The van der Waals surface area contributed by atoms with Crippen molar-refractivity contribution in [2.75, 3.05) is 5.32 Å². The maximum absolute atomic E-state index is 13.2. The number of rotatable bonds is 10. The van der Waals surface area contributed by atoms with Gasteiger partial charge in [0, 0.05) is 6.20 Å². The maximum Gasteiger partial charge on any atom is 0.247 e. The van der Waals surface area contributed by atoms with Crippen molar-refractivity contribution in [3.8, 4) is 0 Å². The molecule has 0 bridgehead atoms. The van der Waals surface area contributed by atoms with E-state index in [1.807, 2.05) is 34.6 Å². The van der Waals surface area contributed by atoms with Crippen LogP contribution in [0.15, 0.2) is 37.2 Å². The molecule has 166 valence electrons. The van der Waals surface area contributed by atoms with Crippen molar-refractivity contribution in [1.82, 2.24) is 15.8 Å². The van der Waals surface area contributed by atoms with E-state index in [0.29, 0.717) is 12.1 Å². The van der Waals surface area contributed by atoms with Crippen LogP contribution in [0, 0.1) is 23.2 Å². The van der Waals surface area contributed by atoms with Gasteiger partial charge in [0.2, 0.25) is 17.7 Å². The molecule has 8 nitrogen and oxygen atoms in total. The molecule has 0 aliphatic carbocycles. The van der Waals surface area contributed by atoms with E-state index in [4.69, 9.17) is 5.21 Å². The molecule has 0 radical (unpaired) electrons. The average Bonchev–Trinajstić information content (AvgIpc) is 2.67. The zero-order chi connectivity index (χ0) is 22.9. The predicted molar refractivity (Wildman–Crippen MR) is 115 cm³/mol. The van der Waals surface area contributed by atoms with Crippen LogP contribution in [-0.4, -0.2) is 34.0 Å². The number of hydroxylamine groups is 1. The van der Waals surface area contributed by atoms with E-state index in [1.165, 1.54) is 12.3 Å². The fourth-order valence-corrected chi connectivity index (χ4v) is 3.25. The quantitative estimate of drug-likeness (QED) is 0.264. The van der Waals surface area contributed by atoms with Crippen LogP contribution in [-0.2, 0) is 14.4 Å². The summed E-state index contributed by atoms with van der Waals surface area (Å²) in [5.74, 6) is -2.85. The van der Waals surface area contributed by atoms with E-state index in [2.05, 4.69) is 22.2 Å². The van der Waals surface area contributed by atoms with Gasteiger partial charge in [-0.2, -0.15) is 0 Å². The van der Waals surface area contributed by atoms with Gasteiger partial charge in [-0.25, -0.2) is 5.48 Å². The molecule has 1 aromatic rings. The first kappa shape index (κ1) is 25.3. The number of aromatic nitrogens is 1. The van der Waals surface area contributed by atoms with Crippen LogP contribution in [0.3, 0.4) is 0 Å². The summed E-state index contributed by atoms with van der Waals surface area (Å²) in [6, 6.07) is 2.56. The van der Waals surface area contributed by atoms with Gasteiger partial charge < -0.3 is 10.6 Å². The number of pyridine rings is 1. The molecule has 3 atom stereocenters. The molecule has 1 aromatic heterocycles. The molecule has 0 aliphatic rings. The van der Waals surface area contributed by atoms with Crippen molar-refractivity contribution < 1.29 is 19.6 Å². The Kier molecular flexibility index (Phi) is 9.65. The highest BCUT2D eigenvalue weighted by Crippen LogP contribution is 2.27. The van der Waals surface area contributed by atoms with Crippen molar-refractivity contribution >= 4 is 23.4 Å². The summed E-state index contributed by atoms with van der Waals surface area (Å²) in [4.78, 5) is 42.4. The third-order valence-electron chi connectivity index (χ3n) is 4.76. The lowest BCUT2D eigenvalue weighted by Gasteiger charge is -2.33. The third-order valence-corrected chi connectivity index (χ3v) is 4.76. The molecule has 1 rings (SSSR count). The molecule has 8 heteroatoms. The number of nitrogens with zero attached hydrogens (tertiary/aromatic N) is 1. The number of amides is 3. The normalized spacial score (nSPS) is 14.4. The Morgan fingerprint density at radius 1 is 1.17 bits per heavy atom. The zero-order valence-electron chi connectivity index (χ0n) is 18.4. The van der Waals surface area contributed by atoms with Crippen molar-refractivity contribution in [2.45, 2.75) is 53.5 Å². The summed E-state index contributed by atoms with van der Waals surface area (Å²) in [6.45, 7) is 13.1. The molecule has 30 heavy (non-hydrogen) atoms. The summed E-state index contributed by atoms with van der Waals surface area (Å²) in [5, 5.41) is 14.7. The van der Waals surface area contributed by atoms with E-state index in [0.717, 1.165) is 0 Å². The molecule has 4 N–H and O–H groups in total.